The number of pyridine rings is 1. The van der Waals surface area contributed by atoms with Gasteiger partial charge in [0.25, 0.3) is 0 Å². The lowest BCUT2D eigenvalue weighted by Crippen LogP contribution is -2.13. The van der Waals surface area contributed by atoms with Crippen LogP contribution in [0.5, 0.6) is 0 Å². The van der Waals surface area contributed by atoms with Gasteiger partial charge < -0.3 is 9.84 Å². The lowest BCUT2D eigenvalue weighted by molar-refractivity contribution is -0.139. The molecular formula is C17H16ClNO3. The van der Waals surface area contributed by atoms with E-state index in [1.54, 1.807) is 25.3 Å². The Kier molecular flexibility index (Phi) is 5.31. The van der Waals surface area contributed by atoms with E-state index >= 15 is 0 Å². The van der Waals surface area contributed by atoms with Gasteiger partial charge in [-0.1, -0.05) is 36.4 Å². The molecule has 2 rings (SSSR count). The monoisotopic (exact) mass is 317 g/mol. The van der Waals surface area contributed by atoms with Crippen LogP contribution in [0.2, 0.25) is 5.02 Å². The molecule has 1 aromatic heterocycles. The zero-order valence-electron chi connectivity index (χ0n) is 12.1. The summed E-state index contributed by atoms with van der Waals surface area (Å²) in [6.07, 6.45) is 1.95. The molecule has 0 aliphatic rings. The summed E-state index contributed by atoms with van der Waals surface area (Å²) in [7, 11) is 0. The Labute approximate surface area is 134 Å². The Balaban J connectivity index is 2.31. The van der Waals surface area contributed by atoms with Crippen LogP contribution in [0.15, 0.2) is 54.9 Å². The molecular weight excluding hydrogens is 302 g/mol. The number of ether oxygens (including phenoxy) is 1. The van der Waals surface area contributed by atoms with Crippen LogP contribution in [0, 0.1) is 0 Å². The molecule has 1 N–H and O–H groups in total. The fourth-order valence-corrected chi connectivity index (χ4v) is 2.23. The number of aliphatic hydroxyl groups excluding tert-OH is 1. The van der Waals surface area contributed by atoms with Crippen LogP contribution in [-0.4, -0.2) is 22.7 Å². The summed E-state index contributed by atoms with van der Waals surface area (Å²) in [6, 6.07) is 9.05. The molecule has 0 saturated carbocycles. The summed E-state index contributed by atoms with van der Waals surface area (Å²) >= 11 is 6.16. The first-order valence-corrected chi connectivity index (χ1v) is 7.16. The van der Waals surface area contributed by atoms with Crippen LogP contribution in [-0.2, 0) is 9.53 Å². The van der Waals surface area contributed by atoms with E-state index in [1.807, 2.05) is 18.2 Å². The average molecular weight is 318 g/mol. The number of aliphatic hydroxyl groups is 1. The second-order valence-electron chi connectivity index (χ2n) is 4.64. The Bertz CT molecular complexity index is 700. The average Bonchev–Trinajstić information content (AvgIpc) is 2.54. The zero-order valence-corrected chi connectivity index (χ0v) is 12.9. The maximum absolute atomic E-state index is 11.6. The number of carbonyl (C=O) groups is 1. The van der Waals surface area contributed by atoms with Gasteiger partial charge in [0.2, 0.25) is 0 Å². The summed E-state index contributed by atoms with van der Waals surface area (Å²) in [6.45, 7) is 5.51. The highest BCUT2D eigenvalue weighted by atomic mass is 35.5. The van der Waals surface area contributed by atoms with Crippen molar-refractivity contribution in [2.45, 2.75) is 13.0 Å². The summed E-state index contributed by atoms with van der Waals surface area (Å²) in [4.78, 5) is 15.7. The molecule has 1 atom stereocenters. The summed E-state index contributed by atoms with van der Waals surface area (Å²) < 4.78 is 4.84. The van der Waals surface area contributed by atoms with E-state index in [9.17, 15) is 9.90 Å². The third-order valence-electron chi connectivity index (χ3n) is 3.13. The van der Waals surface area contributed by atoms with Gasteiger partial charge in [0.05, 0.1) is 12.2 Å². The predicted molar refractivity (Wildman–Crippen MR) is 85.4 cm³/mol. The number of hydrogen-bond donors (Lipinski definition) is 1. The molecule has 0 aliphatic heterocycles. The second-order valence-corrected chi connectivity index (χ2v) is 5.04. The SMILES string of the molecule is C=C(C(=O)OCC)C(O)c1cncc(-c2ccccc2Cl)c1. The van der Waals surface area contributed by atoms with Gasteiger partial charge in [-0.25, -0.2) is 4.79 Å². The van der Waals surface area contributed by atoms with Crippen molar-refractivity contribution in [1.29, 1.82) is 0 Å². The molecule has 0 spiro atoms. The first kappa shape index (κ1) is 16.2. The predicted octanol–water partition coefficient (Wildman–Crippen LogP) is 3.55. The number of rotatable bonds is 5. The minimum Gasteiger partial charge on any atom is -0.463 e. The van der Waals surface area contributed by atoms with Crippen molar-refractivity contribution in [1.82, 2.24) is 4.98 Å². The Morgan fingerprint density at radius 1 is 1.41 bits per heavy atom. The first-order valence-electron chi connectivity index (χ1n) is 6.78. The van der Waals surface area contributed by atoms with Gasteiger partial charge in [-0.2, -0.15) is 0 Å². The topological polar surface area (TPSA) is 59.4 Å². The minimum absolute atomic E-state index is 0.0278. The summed E-state index contributed by atoms with van der Waals surface area (Å²) in [5.41, 5.74) is 1.97. The Morgan fingerprint density at radius 3 is 2.82 bits per heavy atom. The molecule has 1 heterocycles. The second kappa shape index (κ2) is 7.20. The molecule has 1 unspecified atom stereocenters. The first-order chi connectivity index (χ1) is 10.5. The lowest BCUT2D eigenvalue weighted by Gasteiger charge is -2.14. The van der Waals surface area contributed by atoms with E-state index in [1.165, 1.54) is 6.20 Å². The molecule has 1 aromatic carbocycles. The van der Waals surface area contributed by atoms with Crippen LogP contribution < -0.4 is 0 Å². The van der Waals surface area contributed by atoms with Gasteiger partial charge in [-0.15, -0.1) is 0 Å². The highest BCUT2D eigenvalue weighted by molar-refractivity contribution is 6.33. The molecule has 114 valence electrons. The number of benzene rings is 1. The highest BCUT2D eigenvalue weighted by Gasteiger charge is 2.20. The number of nitrogens with zero attached hydrogens (tertiary/aromatic N) is 1. The number of aromatic nitrogens is 1. The van der Waals surface area contributed by atoms with Gasteiger partial charge in [0.1, 0.15) is 6.10 Å². The quantitative estimate of drug-likeness (QED) is 0.676. The fourth-order valence-electron chi connectivity index (χ4n) is 1.99. The third kappa shape index (κ3) is 3.53. The molecule has 22 heavy (non-hydrogen) atoms. The van der Waals surface area contributed by atoms with E-state index in [0.717, 1.165) is 11.1 Å². The van der Waals surface area contributed by atoms with E-state index in [0.29, 0.717) is 10.6 Å². The Morgan fingerprint density at radius 2 is 2.14 bits per heavy atom. The van der Waals surface area contributed by atoms with Gasteiger partial charge >= 0.3 is 5.97 Å². The van der Waals surface area contributed by atoms with Crippen molar-refractivity contribution in [3.05, 3.63) is 65.5 Å². The molecule has 0 fully saturated rings. The molecule has 2 aromatic rings. The minimum atomic E-state index is -1.17. The molecule has 0 aliphatic carbocycles. The van der Waals surface area contributed by atoms with E-state index < -0.39 is 12.1 Å². The maximum atomic E-state index is 11.6. The lowest BCUT2D eigenvalue weighted by atomic mass is 10.0. The number of esters is 1. The van der Waals surface area contributed by atoms with Crippen molar-refractivity contribution in [3.8, 4) is 11.1 Å². The van der Waals surface area contributed by atoms with E-state index in [-0.39, 0.29) is 12.2 Å². The molecule has 0 saturated heterocycles. The molecule has 0 bridgehead atoms. The number of hydrogen-bond acceptors (Lipinski definition) is 4. The van der Waals surface area contributed by atoms with E-state index in [2.05, 4.69) is 11.6 Å². The van der Waals surface area contributed by atoms with E-state index in [4.69, 9.17) is 16.3 Å². The summed E-state index contributed by atoms with van der Waals surface area (Å²) in [5.74, 6) is -0.627. The van der Waals surface area contributed by atoms with Crippen molar-refractivity contribution in [2.75, 3.05) is 6.61 Å². The largest absolute Gasteiger partial charge is 0.463 e. The molecule has 0 radical (unpaired) electrons. The van der Waals surface area contributed by atoms with Crippen LogP contribution in [0.4, 0.5) is 0 Å². The Hall–Kier alpha value is -2.17. The highest BCUT2D eigenvalue weighted by Crippen LogP contribution is 2.30. The third-order valence-corrected chi connectivity index (χ3v) is 3.46. The van der Waals surface area contributed by atoms with Crippen molar-refractivity contribution < 1.29 is 14.6 Å². The fraction of sp³-hybridized carbons (Fsp3) is 0.176. The van der Waals surface area contributed by atoms with Crippen LogP contribution >= 0.6 is 11.6 Å². The zero-order chi connectivity index (χ0) is 16.1. The normalized spacial score (nSPS) is 11.8. The summed E-state index contributed by atoms with van der Waals surface area (Å²) in [5, 5.41) is 10.8. The smallest absolute Gasteiger partial charge is 0.336 e. The van der Waals surface area contributed by atoms with Crippen molar-refractivity contribution in [2.24, 2.45) is 0 Å². The van der Waals surface area contributed by atoms with Crippen LogP contribution in [0.1, 0.15) is 18.6 Å². The number of halogens is 1. The molecule has 4 nitrogen and oxygen atoms in total. The standard InChI is InChI=1S/C17H16ClNO3/c1-3-22-17(21)11(2)16(20)13-8-12(9-19-10-13)14-6-4-5-7-15(14)18/h4-10,16,20H,2-3H2,1H3. The van der Waals surface area contributed by atoms with Crippen molar-refractivity contribution in [3.63, 3.8) is 0 Å². The van der Waals surface area contributed by atoms with Gasteiger partial charge in [0.15, 0.2) is 0 Å². The van der Waals surface area contributed by atoms with Crippen LogP contribution in [0.3, 0.4) is 0 Å². The van der Waals surface area contributed by atoms with Gasteiger partial charge in [0, 0.05) is 34.1 Å². The number of carbonyl (C=O) groups excluding carboxylic acids is 1. The van der Waals surface area contributed by atoms with Gasteiger partial charge in [-0.05, 0) is 19.1 Å². The van der Waals surface area contributed by atoms with Crippen molar-refractivity contribution >= 4 is 17.6 Å². The van der Waals surface area contributed by atoms with Gasteiger partial charge in [-0.3, -0.25) is 4.98 Å². The molecule has 5 heteroatoms. The maximum Gasteiger partial charge on any atom is 0.336 e. The molecule has 0 amide bonds. The van der Waals surface area contributed by atoms with Crippen LogP contribution in [0.25, 0.3) is 11.1 Å².